The minimum Gasteiger partial charge on any atom is -0.502 e. The van der Waals surface area contributed by atoms with Gasteiger partial charge in [0.05, 0.1) is 18.5 Å². The van der Waals surface area contributed by atoms with Gasteiger partial charge in [0.15, 0.2) is 0 Å². The summed E-state index contributed by atoms with van der Waals surface area (Å²) in [6.45, 7) is 12.7. The lowest BCUT2D eigenvalue weighted by molar-refractivity contribution is -0.0942. The molecular formula is C22H44O2. The van der Waals surface area contributed by atoms with Gasteiger partial charge in [0.2, 0.25) is 0 Å². The summed E-state index contributed by atoms with van der Waals surface area (Å²) in [6.07, 6.45) is 17.9. The normalized spacial score (nSPS) is 13.5. The van der Waals surface area contributed by atoms with Crippen LogP contribution in [0.5, 0.6) is 0 Å². The van der Waals surface area contributed by atoms with Crippen molar-refractivity contribution < 1.29 is 9.47 Å². The van der Waals surface area contributed by atoms with E-state index in [4.69, 9.17) is 9.47 Å². The first-order valence-corrected chi connectivity index (χ1v) is 10.6. The Labute approximate surface area is 152 Å². The van der Waals surface area contributed by atoms with Crippen LogP contribution < -0.4 is 0 Å². The lowest BCUT2D eigenvalue weighted by atomic mass is 9.77. The minimum atomic E-state index is 0.0682. The third-order valence-electron chi connectivity index (χ3n) is 5.33. The molecule has 0 amide bonds. The molecule has 0 N–H and O–H groups in total. The highest BCUT2D eigenvalue weighted by molar-refractivity contribution is 4.86. The summed E-state index contributed by atoms with van der Waals surface area (Å²) >= 11 is 0. The van der Waals surface area contributed by atoms with Gasteiger partial charge in [-0.05, 0) is 51.9 Å². The van der Waals surface area contributed by atoms with Crippen molar-refractivity contribution in [3.8, 4) is 0 Å². The number of hydrogen-bond donors (Lipinski definition) is 0. The van der Waals surface area contributed by atoms with Gasteiger partial charge in [0.25, 0.3) is 0 Å². The third-order valence-corrected chi connectivity index (χ3v) is 5.33. The summed E-state index contributed by atoms with van der Waals surface area (Å²) in [6, 6.07) is 0. The van der Waals surface area contributed by atoms with Crippen LogP contribution in [0.15, 0.2) is 12.3 Å². The second kappa shape index (κ2) is 16.0. The molecule has 0 aromatic carbocycles. The monoisotopic (exact) mass is 340 g/mol. The number of unbranched alkanes of at least 4 members (excludes halogenated alkanes) is 5. The van der Waals surface area contributed by atoms with Gasteiger partial charge in [-0.25, -0.2) is 0 Å². The van der Waals surface area contributed by atoms with E-state index in [1.807, 2.05) is 13.0 Å². The van der Waals surface area contributed by atoms with E-state index in [9.17, 15) is 0 Å². The fourth-order valence-corrected chi connectivity index (χ4v) is 3.86. The topological polar surface area (TPSA) is 18.5 Å². The molecule has 0 aromatic rings. The summed E-state index contributed by atoms with van der Waals surface area (Å²) in [7, 11) is 0. The zero-order valence-corrected chi connectivity index (χ0v) is 17.2. The van der Waals surface area contributed by atoms with Gasteiger partial charge < -0.3 is 9.47 Å². The van der Waals surface area contributed by atoms with E-state index < -0.39 is 0 Å². The van der Waals surface area contributed by atoms with Gasteiger partial charge in [-0.2, -0.15) is 0 Å². The lowest BCUT2D eigenvalue weighted by Gasteiger charge is -2.40. The van der Waals surface area contributed by atoms with Gasteiger partial charge in [-0.3, -0.25) is 0 Å². The van der Waals surface area contributed by atoms with Crippen molar-refractivity contribution in [2.45, 2.75) is 111 Å². The second-order valence-corrected chi connectivity index (χ2v) is 6.94. The maximum atomic E-state index is 6.31. The quantitative estimate of drug-likeness (QED) is 0.204. The van der Waals surface area contributed by atoms with Gasteiger partial charge in [-0.15, -0.1) is 0 Å². The van der Waals surface area contributed by atoms with Crippen LogP contribution in [0.3, 0.4) is 0 Å². The zero-order valence-electron chi connectivity index (χ0n) is 17.2. The van der Waals surface area contributed by atoms with Crippen molar-refractivity contribution in [3.05, 3.63) is 12.3 Å². The predicted molar refractivity (Wildman–Crippen MR) is 106 cm³/mol. The third kappa shape index (κ3) is 9.71. The molecule has 1 unspecified atom stereocenters. The molecule has 2 heteroatoms. The Hall–Kier alpha value is -0.500. The van der Waals surface area contributed by atoms with Crippen molar-refractivity contribution in [1.82, 2.24) is 0 Å². The molecule has 0 aliphatic heterocycles. The summed E-state index contributed by atoms with van der Waals surface area (Å²) in [5, 5.41) is 0. The maximum absolute atomic E-state index is 6.31. The second-order valence-electron chi connectivity index (χ2n) is 6.94. The first-order valence-electron chi connectivity index (χ1n) is 10.6. The van der Waals surface area contributed by atoms with Crippen LogP contribution in [0.2, 0.25) is 0 Å². The molecule has 0 saturated carbocycles. The summed E-state index contributed by atoms with van der Waals surface area (Å²) in [4.78, 5) is 0. The van der Waals surface area contributed by atoms with Crippen LogP contribution in [0, 0.1) is 5.92 Å². The number of hydrogen-bond acceptors (Lipinski definition) is 2. The lowest BCUT2D eigenvalue weighted by Crippen LogP contribution is -2.40. The van der Waals surface area contributed by atoms with Crippen LogP contribution in [0.4, 0.5) is 0 Å². The van der Waals surface area contributed by atoms with Crippen LogP contribution in [0.25, 0.3) is 0 Å². The highest BCUT2D eigenvalue weighted by atomic mass is 16.5. The van der Waals surface area contributed by atoms with Gasteiger partial charge >= 0.3 is 0 Å². The van der Waals surface area contributed by atoms with Crippen molar-refractivity contribution in [2.75, 3.05) is 13.2 Å². The largest absolute Gasteiger partial charge is 0.502 e. The smallest absolute Gasteiger partial charge is 0.0873 e. The zero-order chi connectivity index (χ0) is 18.1. The van der Waals surface area contributed by atoms with E-state index in [2.05, 4.69) is 27.7 Å². The Morgan fingerprint density at radius 1 is 0.833 bits per heavy atom. The molecule has 0 aliphatic rings. The van der Waals surface area contributed by atoms with Crippen molar-refractivity contribution in [2.24, 2.45) is 5.92 Å². The molecular weight excluding hydrogens is 296 g/mol. The molecule has 1 atom stereocenters. The molecule has 0 aliphatic carbocycles. The van der Waals surface area contributed by atoms with E-state index in [0.29, 0.717) is 5.92 Å². The Balaban J connectivity index is 4.50. The summed E-state index contributed by atoms with van der Waals surface area (Å²) in [5.74, 6) is 0.660. The van der Waals surface area contributed by atoms with Crippen LogP contribution >= 0.6 is 0 Å². The molecule has 0 rings (SSSR count). The molecule has 24 heavy (non-hydrogen) atoms. The number of allylic oxidation sites excluding steroid dienone is 1. The molecule has 0 radical (unpaired) electrons. The van der Waals surface area contributed by atoms with E-state index >= 15 is 0 Å². The Bertz CT molecular complexity index is 282. The summed E-state index contributed by atoms with van der Waals surface area (Å²) in [5.41, 5.74) is 0.0682. The number of ether oxygens (including phenoxy) is 2. The minimum absolute atomic E-state index is 0.0682. The molecule has 0 bridgehead atoms. The van der Waals surface area contributed by atoms with Gasteiger partial charge in [-0.1, -0.05) is 65.4 Å². The van der Waals surface area contributed by atoms with E-state index in [-0.39, 0.29) is 5.60 Å². The average Bonchev–Trinajstić information content (AvgIpc) is 2.61. The Kier molecular flexibility index (Phi) is 15.7. The van der Waals surface area contributed by atoms with E-state index in [1.165, 1.54) is 51.4 Å². The Morgan fingerprint density at radius 2 is 1.46 bits per heavy atom. The molecule has 0 aromatic heterocycles. The molecule has 0 spiro atoms. The molecule has 144 valence electrons. The fourth-order valence-electron chi connectivity index (χ4n) is 3.86. The van der Waals surface area contributed by atoms with Crippen LogP contribution in [-0.4, -0.2) is 18.8 Å². The SMILES string of the molecule is CC=COCCCC(CCCCCCCC)C(CC)(CC)OCC. The average molecular weight is 341 g/mol. The first kappa shape index (κ1) is 23.5. The van der Waals surface area contributed by atoms with Crippen molar-refractivity contribution in [3.63, 3.8) is 0 Å². The molecule has 2 nitrogen and oxygen atoms in total. The van der Waals surface area contributed by atoms with Crippen molar-refractivity contribution in [1.29, 1.82) is 0 Å². The molecule has 0 fully saturated rings. The van der Waals surface area contributed by atoms with Gasteiger partial charge in [0, 0.05) is 6.61 Å². The Morgan fingerprint density at radius 3 is 2.04 bits per heavy atom. The standard InChI is InChI=1S/C22H44O2/c1-6-11-12-13-14-15-17-21(18-16-20-23-19-7-2)22(8-3,9-4)24-10-5/h7,19,21H,6,8-18,20H2,1-5H3. The van der Waals surface area contributed by atoms with Gasteiger partial charge in [0.1, 0.15) is 0 Å². The van der Waals surface area contributed by atoms with Crippen molar-refractivity contribution >= 4 is 0 Å². The van der Waals surface area contributed by atoms with Crippen LogP contribution in [-0.2, 0) is 9.47 Å². The van der Waals surface area contributed by atoms with Crippen LogP contribution in [0.1, 0.15) is 105 Å². The first-order chi connectivity index (χ1) is 11.7. The molecule has 0 heterocycles. The fraction of sp³-hybridized carbons (Fsp3) is 0.909. The molecule has 0 saturated heterocycles. The number of rotatable bonds is 17. The highest BCUT2D eigenvalue weighted by Crippen LogP contribution is 2.36. The summed E-state index contributed by atoms with van der Waals surface area (Å²) < 4.78 is 11.8. The van der Waals surface area contributed by atoms with E-state index in [1.54, 1.807) is 6.26 Å². The van der Waals surface area contributed by atoms with E-state index in [0.717, 1.165) is 32.5 Å². The predicted octanol–water partition coefficient (Wildman–Crippen LogP) is 7.28. The highest BCUT2D eigenvalue weighted by Gasteiger charge is 2.35. The maximum Gasteiger partial charge on any atom is 0.0873 e.